The first-order valence-electron chi connectivity index (χ1n) is 4.40. The van der Waals surface area contributed by atoms with Crippen molar-refractivity contribution < 1.29 is 0 Å². The summed E-state index contributed by atoms with van der Waals surface area (Å²) in [5.41, 5.74) is 6.17. The van der Waals surface area contributed by atoms with Gasteiger partial charge in [-0.2, -0.15) is 0 Å². The van der Waals surface area contributed by atoms with Crippen LogP contribution in [0.5, 0.6) is 0 Å². The van der Waals surface area contributed by atoms with Crippen molar-refractivity contribution in [3.8, 4) is 0 Å². The minimum Gasteiger partial charge on any atom is -0.324 e. The number of nitrogens with one attached hydrogen (secondary N) is 2. The highest BCUT2D eigenvalue weighted by Gasteiger charge is 2.41. The zero-order chi connectivity index (χ0) is 7.90. The molecule has 0 aromatic carbocycles. The molecule has 3 atom stereocenters. The van der Waals surface area contributed by atoms with E-state index in [0.29, 0.717) is 5.92 Å². The van der Waals surface area contributed by atoms with Gasteiger partial charge < -0.3 is 16.4 Å². The maximum absolute atomic E-state index is 6.16. The maximum Gasteiger partial charge on any atom is 0.0296 e. The van der Waals surface area contributed by atoms with Gasteiger partial charge in [0, 0.05) is 18.6 Å². The summed E-state index contributed by atoms with van der Waals surface area (Å²) in [6.45, 7) is 6.52. The van der Waals surface area contributed by atoms with E-state index in [9.17, 15) is 0 Å². The summed E-state index contributed by atoms with van der Waals surface area (Å²) in [5, 5.41) is 6.78. The van der Waals surface area contributed by atoms with Crippen LogP contribution in [0.1, 0.15) is 6.92 Å². The average Bonchev–Trinajstić information content (AvgIpc) is 2.34. The molecule has 0 amide bonds. The third-order valence-corrected chi connectivity index (χ3v) is 3.10. The second-order valence-electron chi connectivity index (χ2n) is 4.16. The van der Waals surface area contributed by atoms with Crippen LogP contribution < -0.4 is 16.4 Å². The Bertz CT molecular complexity index is 155. The van der Waals surface area contributed by atoms with Gasteiger partial charge in [-0.05, 0) is 31.8 Å². The Morgan fingerprint density at radius 3 is 2.73 bits per heavy atom. The van der Waals surface area contributed by atoms with E-state index in [4.69, 9.17) is 5.73 Å². The lowest BCUT2D eigenvalue weighted by molar-refractivity contribution is 0.193. The van der Waals surface area contributed by atoms with Gasteiger partial charge >= 0.3 is 0 Å². The molecule has 2 aliphatic heterocycles. The van der Waals surface area contributed by atoms with Crippen LogP contribution >= 0.6 is 0 Å². The van der Waals surface area contributed by atoms with E-state index < -0.39 is 0 Å². The van der Waals surface area contributed by atoms with E-state index in [1.807, 2.05) is 0 Å². The molecule has 4 N–H and O–H groups in total. The lowest BCUT2D eigenvalue weighted by Gasteiger charge is -2.40. The molecule has 0 spiro atoms. The van der Waals surface area contributed by atoms with E-state index in [-0.39, 0.29) is 5.54 Å². The number of fused-ring (bicyclic) bond motifs is 1. The van der Waals surface area contributed by atoms with Crippen LogP contribution in [0.2, 0.25) is 0 Å². The second-order valence-corrected chi connectivity index (χ2v) is 4.16. The molecule has 0 aromatic heterocycles. The van der Waals surface area contributed by atoms with Crippen LogP contribution in [-0.4, -0.2) is 31.7 Å². The fourth-order valence-electron chi connectivity index (χ4n) is 2.38. The number of rotatable bonds is 0. The first kappa shape index (κ1) is 7.53. The highest BCUT2D eigenvalue weighted by atomic mass is 15.0. The van der Waals surface area contributed by atoms with Crippen LogP contribution in [0.25, 0.3) is 0 Å². The van der Waals surface area contributed by atoms with Crippen LogP contribution in [0.4, 0.5) is 0 Å². The zero-order valence-electron chi connectivity index (χ0n) is 7.06. The van der Waals surface area contributed by atoms with Gasteiger partial charge in [0.25, 0.3) is 0 Å². The molecule has 0 saturated carbocycles. The predicted molar refractivity (Wildman–Crippen MR) is 45.3 cm³/mol. The predicted octanol–water partition coefficient (Wildman–Crippen LogP) is -0.857. The Morgan fingerprint density at radius 2 is 2.00 bits per heavy atom. The number of nitrogens with two attached hydrogens (primary N) is 1. The lowest BCUT2D eigenvalue weighted by atomic mass is 9.76. The molecule has 11 heavy (non-hydrogen) atoms. The second kappa shape index (κ2) is 2.44. The lowest BCUT2D eigenvalue weighted by Crippen LogP contribution is -2.59. The summed E-state index contributed by atoms with van der Waals surface area (Å²) in [6.07, 6.45) is 0. The molecule has 3 unspecified atom stereocenters. The third-order valence-electron chi connectivity index (χ3n) is 3.10. The molecule has 3 nitrogen and oxygen atoms in total. The van der Waals surface area contributed by atoms with E-state index in [2.05, 4.69) is 17.6 Å². The van der Waals surface area contributed by atoms with Gasteiger partial charge in [-0.3, -0.25) is 0 Å². The smallest absolute Gasteiger partial charge is 0.0296 e. The Hall–Kier alpha value is -0.120. The summed E-state index contributed by atoms with van der Waals surface area (Å²) >= 11 is 0. The largest absolute Gasteiger partial charge is 0.324 e. The molecule has 3 heteroatoms. The van der Waals surface area contributed by atoms with Gasteiger partial charge in [0.15, 0.2) is 0 Å². The summed E-state index contributed by atoms with van der Waals surface area (Å²) in [4.78, 5) is 0. The molecule has 2 rings (SSSR count). The Labute approximate surface area is 67.7 Å². The molecule has 2 fully saturated rings. The van der Waals surface area contributed by atoms with Gasteiger partial charge in [0.1, 0.15) is 0 Å². The van der Waals surface area contributed by atoms with Crippen molar-refractivity contribution in [3.05, 3.63) is 0 Å². The summed E-state index contributed by atoms with van der Waals surface area (Å²) < 4.78 is 0. The van der Waals surface area contributed by atoms with Crippen LogP contribution in [0.15, 0.2) is 0 Å². The summed E-state index contributed by atoms with van der Waals surface area (Å²) in [7, 11) is 0. The normalized spacial score (nSPS) is 50.7. The van der Waals surface area contributed by atoms with Crippen molar-refractivity contribution in [1.82, 2.24) is 10.6 Å². The Balaban J connectivity index is 2.13. The van der Waals surface area contributed by atoms with Crippen molar-refractivity contribution in [2.24, 2.45) is 17.6 Å². The van der Waals surface area contributed by atoms with E-state index in [1.54, 1.807) is 0 Å². The van der Waals surface area contributed by atoms with Gasteiger partial charge in [0.05, 0.1) is 0 Å². The highest BCUT2D eigenvalue weighted by Crippen LogP contribution is 2.28. The highest BCUT2D eigenvalue weighted by molar-refractivity contribution is 5.01. The van der Waals surface area contributed by atoms with Crippen molar-refractivity contribution in [1.29, 1.82) is 0 Å². The molecule has 0 bridgehead atoms. The summed E-state index contributed by atoms with van der Waals surface area (Å²) in [6, 6.07) is 0. The van der Waals surface area contributed by atoms with E-state index in [0.717, 1.165) is 32.1 Å². The Morgan fingerprint density at radius 1 is 1.27 bits per heavy atom. The fraction of sp³-hybridized carbons (Fsp3) is 1.00. The van der Waals surface area contributed by atoms with Gasteiger partial charge in [0.2, 0.25) is 0 Å². The molecule has 0 aromatic rings. The molecule has 2 heterocycles. The first-order chi connectivity index (χ1) is 5.20. The molecular formula is C8H17N3. The van der Waals surface area contributed by atoms with Crippen molar-refractivity contribution >= 4 is 0 Å². The van der Waals surface area contributed by atoms with Crippen molar-refractivity contribution in [2.45, 2.75) is 12.5 Å². The molecule has 2 saturated heterocycles. The number of hydrogen-bond acceptors (Lipinski definition) is 3. The molecule has 64 valence electrons. The van der Waals surface area contributed by atoms with Crippen LogP contribution in [0.3, 0.4) is 0 Å². The van der Waals surface area contributed by atoms with Gasteiger partial charge in [-0.1, -0.05) is 0 Å². The molecule has 0 aliphatic carbocycles. The van der Waals surface area contributed by atoms with Crippen molar-refractivity contribution in [2.75, 3.05) is 26.2 Å². The van der Waals surface area contributed by atoms with Gasteiger partial charge in [-0.25, -0.2) is 0 Å². The summed E-state index contributed by atoms with van der Waals surface area (Å²) in [5.74, 6) is 1.45. The minimum absolute atomic E-state index is 0.00637. The van der Waals surface area contributed by atoms with E-state index >= 15 is 0 Å². The maximum atomic E-state index is 6.16. The molecule has 0 radical (unpaired) electrons. The van der Waals surface area contributed by atoms with Gasteiger partial charge in [-0.15, -0.1) is 0 Å². The van der Waals surface area contributed by atoms with Crippen LogP contribution in [0, 0.1) is 11.8 Å². The monoisotopic (exact) mass is 155 g/mol. The third kappa shape index (κ3) is 1.17. The van der Waals surface area contributed by atoms with Crippen LogP contribution in [-0.2, 0) is 0 Å². The molecular weight excluding hydrogens is 138 g/mol. The minimum atomic E-state index is 0.00637. The fourth-order valence-corrected chi connectivity index (χ4v) is 2.38. The van der Waals surface area contributed by atoms with E-state index in [1.165, 1.54) is 0 Å². The first-order valence-corrected chi connectivity index (χ1v) is 4.40. The zero-order valence-corrected chi connectivity index (χ0v) is 7.06. The topological polar surface area (TPSA) is 50.1 Å². The quantitative estimate of drug-likeness (QED) is 0.427. The standard InChI is InChI=1S/C8H17N3/c1-8(9)5-11-3-6-2-10-4-7(6)8/h6-7,10-11H,2-5,9H2,1H3. The van der Waals surface area contributed by atoms with Crippen molar-refractivity contribution in [3.63, 3.8) is 0 Å². The Kier molecular flexibility index (Phi) is 1.67. The number of hydrogen-bond donors (Lipinski definition) is 3. The SMILES string of the molecule is CC1(N)CNCC2CNCC21. The average molecular weight is 155 g/mol. The number of piperidine rings is 1. The molecule has 2 aliphatic rings.